The molecule has 0 saturated carbocycles. The van der Waals surface area contributed by atoms with E-state index in [1.165, 1.54) is 24.1 Å². The molecule has 1 aliphatic carbocycles. The maximum atomic E-state index is 12.3. The molecular formula is C23H30N8O. The largest absolute Gasteiger partial charge is 0.353 e. The fraction of sp³-hybridized carbons (Fsp3) is 0.522. The highest BCUT2D eigenvalue weighted by molar-refractivity contribution is 5.42. The summed E-state index contributed by atoms with van der Waals surface area (Å²) in [6.45, 7) is 9.00. The third-order valence-corrected chi connectivity index (χ3v) is 6.46. The Kier molecular flexibility index (Phi) is 5.73. The van der Waals surface area contributed by atoms with Crippen LogP contribution in [0.3, 0.4) is 0 Å². The van der Waals surface area contributed by atoms with Crippen molar-refractivity contribution in [3.05, 3.63) is 57.3 Å². The van der Waals surface area contributed by atoms with E-state index in [-0.39, 0.29) is 5.56 Å². The molecule has 168 valence electrons. The van der Waals surface area contributed by atoms with Crippen molar-refractivity contribution in [3.8, 4) is 5.82 Å². The zero-order valence-electron chi connectivity index (χ0n) is 18.9. The van der Waals surface area contributed by atoms with Crippen molar-refractivity contribution in [1.82, 2.24) is 34.7 Å². The number of aryl methyl sites for hydroxylation is 4. The fourth-order valence-corrected chi connectivity index (χ4v) is 4.64. The zero-order valence-corrected chi connectivity index (χ0v) is 18.9. The van der Waals surface area contributed by atoms with Crippen molar-refractivity contribution >= 4 is 5.82 Å². The molecule has 9 nitrogen and oxygen atoms in total. The molecule has 0 radical (unpaired) electrons. The van der Waals surface area contributed by atoms with Crippen LogP contribution in [0.1, 0.15) is 35.5 Å². The summed E-state index contributed by atoms with van der Waals surface area (Å²) in [7, 11) is 0. The Morgan fingerprint density at radius 2 is 1.69 bits per heavy atom. The molecule has 1 aliphatic heterocycles. The van der Waals surface area contributed by atoms with E-state index in [4.69, 9.17) is 0 Å². The summed E-state index contributed by atoms with van der Waals surface area (Å²) in [6.07, 6.45) is 4.66. The summed E-state index contributed by atoms with van der Waals surface area (Å²) in [5.74, 6) is 1.67. The number of hydrogen-bond donors (Lipinski definition) is 0. The topological polar surface area (TPSA) is 85.0 Å². The second-order valence-electron chi connectivity index (χ2n) is 8.80. The summed E-state index contributed by atoms with van der Waals surface area (Å²) in [5.41, 5.74) is 4.40. The molecule has 3 aromatic heterocycles. The maximum Gasteiger partial charge on any atom is 0.266 e. The van der Waals surface area contributed by atoms with Crippen LogP contribution in [-0.4, -0.2) is 67.4 Å². The van der Waals surface area contributed by atoms with Crippen LogP contribution in [0, 0.1) is 13.8 Å². The lowest BCUT2D eigenvalue weighted by Gasteiger charge is -2.35. The van der Waals surface area contributed by atoms with Gasteiger partial charge in [-0.05, 0) is 63.3 Å². The first-order valence-corrected chi connectivity index (χ1v) is 11.5. The molecule has 4 heterocycles. The molecule has 5 rings (SSSR count). The second kappa shape index (κ2) is 8.82. The van der Waals surface area contributed by atoms with Crippen LogP contribution in [-0.2, 0) is 19.4 Å². The van der Waals surface area contributed by atoms with Crippen LogP contribution >= 0.6 is 0 Å². The minimum atomic E-state index is -0.0850. The van der Waals surface area contributed by atoms with Crippen LogP contribution in [0.25, 0.3) is 5.82 Å². The van der Waals surface area contributed by atoms with Gasteiger partial charge in [0.15, 0.2) is 11.6 Å². The van der Waals surface area contributed by atoms with Gasteiger partial charge in [-0.2, -0.15) is 10.2 Å². The van der Waals surface area contributed by atoms with Crippen molar-refractivity contribution < 1.29 is 0 Å². The average molecular weight is 435 g/mol. The minimum absolute atomic E-state index is 0.0850. The van der Waals surface area contributed by atoms with Gasteiger partial charge in [0.2, 0.25) is 0 Å². The van der Waals surface area contributed by atoms with Gasteiger partial charge in [-0.3, -0.25) is 9.69 Å². The first kappa shape index (κ1) is 20.8. The Hall–Kier alpha value is -3.07. The molecule has 1 fully saturated rings. The summed E-state index contributed by atoms with van der Waals surface area (Å²) in [6, 6.07) is 7.55. The Bertz CT molecular complexity index is 1160. The van der Waals surface area contributed by atoms with Crippen molar-refractivity contribution in [2.45, 2.75) is 46.1 Å². The van der Waals surface area contributed by atoms with Gasteiger partial charge in [0, 0.05) is 44.5 Å². The highest BCUT2D eigenvalue weighted by atomic mass is 16.1. The van der Waals surface area contributed by atoms with Crippen molar-refractivity contribution in [3.63, 3.8) is 0 Å². The molecule has 0 N–H and O–H groups in total. The van der Waals surface area contributed by atoms with E-state index in [1.54, 1.807) is 21.5 Å². The summed E-state index contributed by atoms with van der Waals surface area (Å²) in [4.78, 5) is 17.1. The van der Waals surface area contributed by atoms with Crippen LogP contribution in [0.2, 0.25) is 0 Å². The number of hydrogen-bond acceptors (Lipinski definition) is 7. The van der Waals surface area contributed by atoms with Crippen LogP contribution in [0.4, 0.5) is 5.82 Å². The molecule has 0 atom stereocenters. The maximum absolute atomic E-state index is 12.3. The van der Waals surface area contributed by atoms with E-state index in [1.807, 2.05) is 19.9 Å². The lowest BCUT2D eigenvalue weighted by Crippen LogP contribution is -2.48. The van der Waals surface area contributed by atoms with Crippen LogP contribution < -0.4 is 10.5 Å². The standard InChI is InChI=1S/C23H30N8O/c1-17-15-18(2)31(26-17)21-7-8-23(32)30(27-21)14-11-28-9-12-29(13-10-28)22-16-19-5-3-4-6-20(19)24-25-22/h7-8,15-16H,3-6,9-14H2,1-2H3. The van der Waals surface area contributed by atoms with Gasteiger partial charge in [0.1, 0.15) is 0 Å². The summed E-state index contributed by atoms with van der Waals surface area (Å²) >= 11 is 0. The number of nitrogens with zero attached hydrogens (tertiary/aromatic N) is 8. The van der Waals surface area contributed by atoms with Crippen molar-refractivity contribution in [1.29, 1.82) is 0 Å². The summed E-state index contributed by atoms with van der Waals surface area (Å²) in [5, 5.41) is 18.0. The predicted octanol–water partition coefficient (Wildman–Crippen LogP) is 1.54. The van der Waals surface area contributed by atoms with Crippen LogP contribution in [0.15, 0.2) is 29.1 Å². The van der Waals surface area contributed by atoms with Gasteiger partial charge >= 0.3 is 0 Å². The van der Waals surface area contributed by atoms with Crippen molar-refractivity contribution in [2.75, 3.05) is 37.6 Å². The monoisotopic (exact) mass is 434 g/mol. The molecule has 9 heteroatoms. The molecule has 2 aliphatic rings. The van der Waals surface area contributed by atoms with Gasteiger partial charge in [-0.15, -0.1) is 10.2 Å². The Labute approximate surface area is 187 Å². The third kappa shape index (κ3) is 4.29. The first-order valence-electron chi connectivity index (χ1n) is 11.5. The molecule has 0 aromatic carbocycles. The van der Waals surface area contributed by atoms with Gasteiger partial charge in [-0.1, -0.05) is 0 Å². The summed E-state index contributed by atoms with van der Waals surface area (Å²) < 4.78 is 3.33. The minimum Gasteiger partial charge on any atom is -0.353 e. The second-order valence-corrected chi connectivity index (χ2v) is 8.80. The van der Waals surface area contributed by atoms with E-state index >= 15 is 0 Å². The van der Waals surface area contributed by atoms with Gasteiger partial charge < -0.3 is 4.90 Å². The number of aromatic nitrogens is 6. The number of anilines is 1. The van der Waals surface area contributed by atoms with E-state index < -0.39 is 0 Å². The third-order valence-electron chi connectivity index (χ3n) is 6.46. The van der Waals surface area contributed by atoms with E-state index in [0.29, 0.717) is 12.4 Å². The van der Waals surface area contributed by atoms with E-state index in [2.05, 4.69) is 36.3 Å². The fourth-order valence-electron chi connectivity index (χ4n) is 4.64. The molecule has 0 unspecified atom stereocenters. The first-order chi connectivity index (χ1) is 15.6. The predicted molar refractivity (Wildman–Crippen MR) is 122 cm³/mol. The normalized spacial score (nSPS) is 16.9. The highest BCUT2D eigenvalue weighted by Gasteiger charge is 2.20. The van der Waals surface area contributed by atoms with Gasteiger partial charge in [0.25, 0.3) is 5.56 Å². The molecule has 0 spiro atoms. The molecule has 3 aromatic rings. The van der Waals surface area contributed by atoms with E-state index in [9.17, 15) is 4.79 Å². The lowest BCUT2D eigenvalue weighted by molar-refractivity contribution is 0.242. The Morgan fingerprint density at radius 1 is 0.875 bits per heavy atom. The average Bonchev–Trinajstić information content (AvgIpc) is 3.16. The highest BCUT2D eigenvalue weighted by Crippen LogP contribution is 2.23. The SMILES string of the molecule is Cc1cc(C)n(-c2ccc(=O)n(CCN3CCN(c4cc5c(nn4)CCCC5)CC3)n2)n1. The molecule has 0 bridgehead atoms. The quantitative estimate of drug-likeness (QED) is 0.602. The number of rotatable bonds is 5. The molecule has 32 heavy (non-hydrogen) atoms. The Morgan fingerprint density at radius 3 is 2.47 bits per heavy atom. The van der Waals surface area contributed by atoms with Crippen LogP contribution in [0.5, 0.6) is 0 Å². The number of piperazine rings is 1. The number of fused-ring (bicyclic) bond motifs is 1. The molecule has 0 amide bonds. The smallest absolute Gasteiger partial charge is 0.266 e. The zero-order chi connectivity index (χ0) is 22.1. The van der Waals surface area contributed by atoms with E-state index in [0.717, 1.165) is 62.8 Å². The molecule has 1 saturated heterocycles. The molecular weight excluding hydrogens is 404 g/mol. The lowest BCUT2D eigenvalue weighted by atomic mass is 9.97. The Balaban J connectivity index is 1.20. The van der Waals surface area contributed by atoms with Gasteiger partial charge in [0.05, 0.1) is 17.9 Å². The van der Waals surface area contributed by atoms with Gasteiger partial charge in [-0.25, -0.2) is 9.36 Å². The van der Waals surface area contributed by atoms with Crippen molar-refractivity contribution in [2.24, 2.45) is 0 Å².